The molecule has 1 fully saturated rings. The second-order valence-corrected chi connectivity index (χ2v) is 6.30. The van der Waals surface area contributed by atoms with Gasteiger partial charge in [0.2, 0.25) is 5.91 Å². The van der Waals surface area contributed by atoms with Gasteiger partial charge in [-0.3, -0.25) is 14.4 Å². The third kappa shape index (κ3) is 4.65. The third-order valence-corrected chi connectivity index (χ3v) is 4.57. The molecule has 1 unspecified atom stereocenters. The zero-order chi connectivity index (χ0) is 19.3. The van der Waals surface area contributed by atoms with Crippen molar-refractivity contribution in [2.24, 2.45) is 0 Å². The Balaban J connectivity index is 2.08. The Morgan fingerprint density at radius 3 is 2.58 bits per heavy atom. The molecule has 1 heterocycles. The summed E-state index contributed by atoms with van der Waals surface area (Å²) >= 11 is 0. The highest BCUT2D eigenvalue weighted by Crippen LogP contribution is 2.26. The van der Waals surface area contributed by atoms with Gasteiger partial charge in [0.1, 0.15) is 18.0 Å². The molecule has 1 aromatic rings. The standard InChI is InChI=1S/C18H24N2O6/c1-12(21)20(11-17(23)24)13-4-3-8-19(9-7-13)18(25)15-6-5-14(26-2)10-16(15)22/h5-6,10,13,22H,3-4,7-9,11H2,1-2H3,(H,23,24). The van der Waals surface area contributed by atoms with Gasteiger partial charge in [0.15, 0.2) is 0 Å². The summed E-state index contributed by atoms with van der Waals surface area (Å²) in [5, 5.41) is 19.1. The number of aromatic hydroxyl groups is 1. The van der Waals surface area contributed by atoms with E-state index in [1.165, 1.54) is 31.1 Å². The van der Waals surface area contributed by atoms with Gasteiger partial charge in [0.05, 0.1) is 12.7 Å². The normalized spacial score (nSPS) is 17.3. The van der Waals surface area contributed by atoms with E-state index in [4.69, 9.17) is 9.84 Å². The number of carbonyl (C=O) groups is 3. The summed E-state index contributed by atoms with van der Waals surface area (Å²) in [7, 11) is 1.48. The summed E-state index contributed by atoms with van der Waals surface area (Å²) in [5.74, 6) is -1.32. The number of nitrogens with zero attached hydrogens (tertiary/aromatic N) is 2. The quantitative estimate of drug-likeness (QED) is 0.816. The molecule has 1 aromatic carbocycles. The van der Waals surface area contributed by atoms with Gasteiger partial charge < -0.3 is 24.7 Å². The molecule has 1 saturated heterocycles. The third-order valence-electron chi connectivity index (χ3n) is 4.57. The fourth-order valence-electron chi connectivity index (χ4n) is 3.23. The lowest BCUT2D eigenvalue weighted by molar-refractivity contribution is -0.145. The van der Waals surface area contributed by atoms with E-state index >= 15 is 0 Å². The molecule has 8 heteroatoms. The van der Waals surface area contributed by atoms with E-state index in [1.807, 2.05) is 0 Å². The summed E-state index contributed by atoms with van der Waals surface area (Å²) in [6.45, 7) is 1.89. The number of phenols is 1. The molecule has 2 rings (SSSR count). The maximum atomic E-state index is 12.7. The second kappa shape index (κ2) is 8.55. The number of methoxy groups -OCH3 is 1. The summed E-state index contributed by atoms with van der Waals surface area (Å²) in [5.41, 5.74) is 0.193. The van der Waals surface area contributed by atoms with Crippen molar-refractivity contribution in [3.8, 4) is 11.5 Å². The lowest BCUT2D eigenvalue weighted by atomic mass is 10.1. The number of benzene rings is 1. The molecule has 2 amide bonds. The number of hydrogen-bond donors (Lipinski definition) is 2. The number of phenolic OH excluding ortho intramolecular Hbond substituents is 1. The van der Waals surface area contributed by atoms with Crippen LogP contribution in [0.25, 0.3) is 0 Å². The van der Waals surface area contributed by atoms with Gasteiger partial charge in [-0.05, 0) is 31.4 Å². The average Bonchev–Trinajstić information content (AvgIpc) is 2.84. The number of ether oxygens (including phenoxy) is 1. The van der Waals surface area contributed by atoms with Crippen LogP contribution in [0.15, 0.2) is 18.2 Å². The predicted octanol–water partition coefficient (Wildman–Crippen LogP) is 1.33. The van der Waals surface area contributed by atoms with E-state index in [-0.39, 0.29) is 35.7 Å². The van der Waals surface area contributed by atoms with Crippen LogP contribution in [0.3, 0.4) is 0 Å². The number of amides is 2. The number of carboxylic acids is 1. The lowest BCUT2D eigenvalue weighted by Gasteiger charge is -2.29. The van der Waals surface area contributed by atoms with Gasteiger partial charge >= 0.3 is 5.97 Å². The molecule has 0 saturated carbocycles. The first-order valence-corrected chi connectivity index (χ1v) is 8.48. The van der Waals surface area contributed by atoms with Crippen molar-refractivity contribution in [1.29, 1.82) is 0 Å². The van der Waals surface area contributed by atoms with Crippen LogP contribution >= 0.6 is 0 Å². The molecule has 0 radical (unpaired) electrons. The van der Waals surface area contributed by atoms with E-state index in [9.17, 15) is 19.5 Å². The first-order chi connectivity index (χ1) is 12.3. The monoisotopic (exact) mass is 364 g/mol. The SMILES string of the molecule is COc1ccc(C(=O)N2CCCC(N(CC(=O)O)C(C)=O)CC2)c(O)c1. The van der Waals surface area contributed by atoms with Crippen molar-refractivity contribution >= 4 is 17.8 Å². The fourth-order valence-corrected chi connectivity index (χ4v) is 3.23. The Morgan fingerprint density at radius 2 is 2.00 bits per heavy atom. The Kier molecular flexibility index (Phi) is 6.43. The molecular formula is C18H24N2O6. The lowest BCUT2D eigenvalue weighted by Crippen LogP contribution is -2.43. The van der Waals surface area contributed by atoms with Crippen molar-refractivity contribution < 1.29 is 29.3 Å². The highest BCUT2D eigenvalue weighted by Gasteiger charge is 2.28. The number of carbonyl (C=O) groups excluding carboxylic acids is 2. The van der Waals surface area contributed by atoms with E-state index in [1.54, 1.807) is 11.0 Å². The van der Waals surface area contributed by atoms with E-state index < -0.39 is 5.97 Å². The maximum absolute atomic E-state index is 12.7. The Labute approximate surface area is 152 Å². The molecule has 0 bridgehead atoms. The molecule has 2 N–H and O–H groups in total. The number of carboxylic acid groups (broad SMARTS) is 1. The molecule has 142 valence electrons. The second-order valence-electron chi connectivity index (χ2n) is 6.30. The van der Waals surface area contributed by atoms with Crippen molar-refractivity contribution in [2.75, 3.05) is 26.7 Å². The number of rotatable bonds is 5. The van der Waals surface area contributed by atoms with Crippen LogP contribution in [0.1, 0.15) is 36.5 Å². The maximum Gasteiger partial charge on any atom is 0.323 e. The highest BCUT2D eigenvalue weighted by molar-refractivity contribution is 5.97. The average molecular weight is 364 g/mol. The van der Waals surface area contributed by atoms with E-state index in [2.05, 4.69) is 0 Å². The smallest absolute Gasteiger partial charge is 0.323 e. The number of hydrogen-bond acceptors (Lipinski definition) is 5. The predicted molar refractivity (Wildman–Crippen MR) is 93.2 cm³/mol. The zero-order valence-corrected chi connectivity index (χ0v) is 15.0. The van der Waals surface area contributed by atoms with Gasteiger partial charge in [-0.25, -0.2) is 0 Å². The minimum absolute atomic E-state index is 0.147. The Bertz CT molecular complexity index is 690. The van der Waals surface area contributed by atoms with Crippen molar-refractivity contribution in [2.45, 2.75) is 32.2 Å². The van der Waals surface area contributed by atoms with Crippen LogP contribution in [-0.4, -0.2) is 70.6 Å². The summed E-state index contributed by atoms with van der Waals surface area (Å²) in [4.78, 5) is 38.4. The van der Waals surface area contributed by atoms with Crippen LogP contribution in [0, 0.1) is 0 Å². The zero-order valence-electron chi connectivity index (χ0n) is 15.0. The van der Waals surface area contributed by atoms with Gasteiger partial charge in [-0.2, -0.15) is 0 Å². The van der Waals surface area contributed by atoms with Crippen molar-refractivity contribution in [3.05, 3.63) is 23.8 Å². The molecule has 0 aliphatic carbocycles. The molecule has 0 spiro atoms. The first-order valence-electron chi connectivity index (χ1n) is 8.48. The van der Waals surface area contributed by atoms with Gasteiger partial charge in [-0.15, -0.1) is 0 Å². The molecular weight excluding hydrogens is 340 g/mol. The van der Waals surface area contributed by atoms with Crippen LogP contribution in [0.4, 0.5) is 0 Å². The molecule has 26 heavy (non-hydrogen) atoms. The molecule has 1 atom stereocenters. The largest absolute Gasteiger partial charge is 0.507 e. The van der Waals surface area contributed by atoms with Crippen LogP contribution in [0.5, 0.6) is 11.5 Å². The first kappa shape index (κ1) is 19.6. The summed E-state index contributed by atoms with van der Waals surface area (Å²) in [6.07, 6.45) is 1.78. The molecule has 1 aliphatic rings. The van der Waals surface area contributed by atoms with Crippen LogP contribution in [0.2, 0.25) is 0 Å². The van der Waals surface area contributed by atoms with Gasteiger partial charge in [0.25, 0.3) is 5.91 Å². The minimum atomic E-state index is -1.06. The Hall–Kier alpha value is -2.77. The van der Waals surface area contributed by atoms with Crippen molar-refractivity contribution in [3.63, 3.8) is 0 Å². The number of likely N-dealkylation sites (tertiary alicyclic amines) is 1. The minimum Gasteiger partial charge on any atom is -0.507 e. The summed E-state index contributed by atoms with van der Waals surface area (Å²) in [6, 6.07) is 4.30. The fraction of sp³-hybridized carbons (Fsp3) is 0.500. The van der Waals surface area contributed by atoms with Crippen molar-refractivity contribution in [1.82, 2.24) is 9.80 Å². The van der Waals surface area contributed by atoms with Gasteiger partial charge in [-0.1, -0.05) is 0 Å². The van der Waals surface area contributed by atoms with E-state index in [0.29, 0.717) is 38.1 Å². The molecule has 1 aliphatic heterocycles. The van der Waals surface area contributed by atoms with Crippen LogP contribution < -0.4 is 4.74 Å². The van der Waals surface area contributed by atoms with Crippen LogP contribution in [-0.2, 0) is 9.59 Å². The highest BCUT2D eigenvalue weighted by atomic mass is 16.5. The number of aliphatic carboxylic acids is 1. The topological polar surface area (TPSA) is 107 Å². The summed E-state index contributed by atoms with van der Waals surface area (Å²) < 4.78 is 5.02. The Morgan fingerprint density at radius 1 is 1.27 bits per heavy atom. The van der Waals surface area contributed by atoms with E-state index in [0.717, 1.165) is 0 Å². The van der Waals surface area contributed by atoms with Gasteiger partial charge in [0, 0.05) is 32.1 Å². The molecule has 8 nitrogen and oxygen atoms in total. The molecule has 0 aromatic heterocycles.